The zero-order valence-corrected chi connectivity index (χ0v) is 40.8. The van der Waals surface area contributed by atoms with E-state index in [2.05, 4.69) is 29.8 Å². The van der Waals surface area contributed by atoms with Gasteiger partial charge in [0.1, 0.15) is 24.3 Å². The van der Waals surface area contributed by atoms with Crippen molar-refractivity contribution in [2.75, 3.05) is 43.6 Å². The van der Waals surface area contributed by atoms with Crippen LogP contribution in [0.5, 0.6) is 0 Å². The summed E-state index contributed by atoms with van der Waals surface area (Å²) in [5, 5.41) is 28.8. The Labute approximate surface area is 418 Å². The van der Waals surface area contributed by atoms with Crippen LogP contribution >= 0.6 is 0 Å². The third-order valence-corrected chi connectivity index (χ3v) is 14.4. The first kappa shape index (κ1) is 51.1. The van der Waals surface area contributed by atoms with Crippen LogP contribution in [0.2, 0.25) is 0 Å². The number of unbranched alkanes of at least 4 members (excludes halogenated alkanes) is 4. The molecule has 3 saturated heterocycles. The number of hydrogen-bond donors (Lipinski definition) is 5. The molecule has 4 aliphatic rings. The van der Waals surface area contributed by atoms with E-state index in [1.807, 2.05) is 24.3 Å². The third kappa shape index (κ3) is 10.4. The Bertz CT molecular complexity index is 2670. The lowest BCUT2D eigenvalue weighted by molar-refractivity contribution is -0.153. The molecule has 380 valence electrons. The molecule has 18 heteroatoms. The number of amides is 6. The molecule has 0 bridgehead atoms. The van der Waals surface area contributed by atoms with Gasteiger partial charge in [0.2, 0.25) is 5.91 Å². The van der Waals surface area contributed by atoms with Crippen LogP contribution in [0, 0.1) is 0 Å². The number of methoxy groups -OCH3 is 1. The largest absolute Gasteiger partial charge is 0.465 e. The summed E-state index contributed by atoms with van der Waals surface area (Å²) in [5.74, 6) is -3.43. The summed E-state index contributed by atoms with van der Waals surface area (Å²) in [6.07, 6.45) is 1.66. The highest BCUT2D eigenvalue weighted by Gasteiger charge is 2.54. The maximum atomic E-state index is 14.7. The van der Waals surface area contributed by atoms with Crippen molar-refractivity contribution in [1.29, 1.82) is 0 Å². The molecule has 0 saturated carbocycles. The Morgan fingerprint density at radius 2 is 1.32 bits per heavy atom. The van der Waals surface area contributed by atoms with Crippen molar-refractivity contribution in [3.8, 4) is 11.1 Å². The molecule has 18 nitrogen and oxygen atoms in total. The Morgan fingerprint density at radius 1 is 0.750 bits per heavy atom. The maximum Gasteiger partial charge on any atom is 0.413 e. The van der Waals surface area contributed by atoms with Crippen LogP contribution in [-0.4, -0.2) is 113 Å². The molecule has 3 aliphatic heterocycles. The first-order valence-electron chi connectivity index (χ1n) is 24.7. The van der Waals surface area contributed by atoms with Gasteiger partial charge in [0.15, 0.2) is 11.6 Å². The number of benzene rings is 4. The fourth-order valence-corrected chi connectivity index (χ4v) is 11.0. The number of fused-ring (bicyclic) bond motifs is 3. The number of nitrogens with one attached hydrogen (secondary N) is 3. The van der Waals surface area contributed by atoms with Crippen LogP contribution in [0.4, 0.5) is 25.8 Å². The van der Waals surface area contributed by atoms with Crippen molar-refractivity contribution in [3.63, 3.8) is 0 Å². The fourth-order valence-electron chi connectivity index (χ4n) is 11.0. The van der Waals surface area contributed by atoms with Gasteiger partial charge >= 0.3 is 18.3 Å². The average Bonchev–Trinajstić information content (AvgIpc) is 4.17. The minimum absolute atomic E-state index is 0.0146. The van der Waals surface area contributed by atoms with E-state index >= 15 is 0 Å². The maximum absolute atomic E-state index is 14.7. The highest BCUT2D eigenvalue weighted by molar-refractivity contribution is 6.01. The van der Waals surface area contributed by atoms with Crippen LogP contribution in [-0.2, 0) is 38.8 Å². The predicted molar refractivity (Wildman–Crippen MR) is 265 cm³/mol. The molecule has 4 atom stereocenters. The van der Waals surface area contributed by atoms with Crippen molar-refractivity contribution in [1.82, 2.24) is 20.4 Å². The van der Waals surface area contributed by atoms with Crippen LogP contribution in [0.25, 0.3) is 11.1 Å². The summed E-state index contributed by atoms with van der Waals surface area (Å²) in [4.78, 5) is 98.6. The Morgan fingerprint density at radius 3 is 1.89 bits per heavy atom. The monoisotopic (exact) mass is 986 g/mol. The highest BCUT2D eigenvalue weighted by atomic mass is 16.7. The number of ketones is 1. The molecule has 1 aliphatic carbocycles. The molecule has 0 unspecified atom stereocenters. The van der Waals surface area contributed by atoms with Gasteiger partial charge in [-0.25, -0.2) is 14.4 Å². The van der Waals surface area contributed by atoms with E-state index in [1.165, 1.54) is 16.9 Å². The minimum Gasteiger partial charge on any atom is -0.465 e. The number of rotatable bonds is 18. The lowest BCUT2D eigenvalue weighted by atomic mass is 9.70. The number of carbonyl (C=O) groups excluding carboxylic acids is 5. The molecule has 8 rings (SSSR count). The van der Waals surface area contributed by atoms with Gasteiger partial charge in [0, 0.05) is 29.6 Å². The molecule has 6 amide bonds. The molecular weight excluding hydrogens is 925 g/mol. The highest BCUT2D eigenvalue weighted by Crippen LogP contribution is 2.56. The average molecular weight is 987 g/mol. The van der Waals surface area contributed by atoms with Crippen LogP contribution < -0.4 is 20.9 Å². The van der Waals surface area contributed by atoms with Gasteiger partial charge in [-0.1, -0.05) is 125 Å². The third-order valence-electron chi connectivity index (χ3n) is 14.4. The Hall–Kier alpha value is -7.31. The van der Waals surface area contributed by atoms with Crippen molar-refractivity contribution < 1.29 is 58.0 Å². The number of alkyl carbamates (subject to hydrolysis) is 1. The summed E-state index contributed by atoms with van der Waals surface area (Å²) in [6.45, 7) is 4.31. The normalized spacial score (nSPS) is 19.0. The minimum atomic E-state index is -1.41. The van der Waals surface area contributed by atoms with E-state index in [1.54, 1.807) is 72.8 Å². The summed E-state index contributed by atoms with van der Waals surface area (Å²) in [7, 11) is 1.17. The number of Topliss-reactive ketones (excluding diaryl/α,β-unsaturated/α-hetero) is 1. The SMILES string of the molecule is CCCCCC1(CCCCC)c2cc(NC(=O)[C@@H]3CC4(CN3C(=O)[C@H](NC(=O)O)c3ccccc3)OCCO4)ccc2-c2ccc(N(C(=O)O)[C@H]3CC(=O)CN3C(=O)[C@H](NC(=O)OC)c3ccccc3)cc21. The first-order chi connectivity index (χ1) is 34.7. The molecule has 5 N–H and O–H groups in total. The van der Waals surface area contributed by atoms with E-state index in [0.29, 0.717) is 29.7 Å². The van der Waals surface area contributed by atoms with Crippen molar-refractivity contribution in [2.24, 2.45) is 0 Å². The fraction of sp³-hybridized carbons (Fsp3) is 0.426. The second-order valence-corrected chi connectivity index (χ2v) is 18.9. The van der Waals surface area contributed by atoms with E-state index in [0.717, 1.165) is 65.7 Å². The number of hydrogen-bond acceptors (Lipinski definition) is 10. The van der Waals surface area contributed by atoms with Crippen LogP contribution in [0.1, 0.15) is 112 Å². The van der Waals surface area contributed by atoms with Crippen LogP contribution in [0.15, 0.2) is 97.1 Å². The second kappa shape index (κ2) is 22.0. The molecule has 3 fully saturated rings. The quantitative estimate of drug-likeness (QED) is 0.0595. The molecule has 4 aromatic rings. The number of carboxylic acid groups (broad SMARTS) is 2. The summed E-state index contributed by atoms with van der Waals surface area (Å²) in [5.41, 5.74) is 4.51. The zero-order valence-electron chi connectivity index (χ0n) is 40.8. The predicted octanol–water partition coefficient (Wildman–Crippen LogP) is 8.11. The summed E-state index contributed by atoms with van der Waals surface area (Å²) >= 11 is 0. The lowest BCUT2D eigenvalue weighted by Gasteiger charge is -2.36. The molecule has 3 heterocycles. The standard InChI is InChI=1S/C54H62N6O12/c1-4-6-14-24-53(25-15-7-5-2)41-28-36(55-47(62)43-31-54(71-26-27-72-54)33-59(43)49(64)45(56-50(65)66)34-16-10-8-11-17-34)20-22-39(41)40-23-21-37(29-42(40)53)60(52(68)69)44-30-38(61)32-58(44)48(63)46(57-51(67)70-3)35-18-12-9-13-19-35/h8-13,16-23,28-29,43-46,56H,4-7,14-15,24-27,30-33H2,1-3H3,(H,55,62)(H,57,67)(H,65,66)(H,68,69)/t43-,44-,45+,46+/m0/s1. The Balaban J connectivity index is 1.15. The lowest BCUT2D eigenvalue weighted by Crippen LogP contribution is -2.53. The van der Waals surface area contributed by atoms with Crippen LogP contribution in [0.3, 0.4) is 0 Å². The zero-order chi connectivity index (χ0) is 51.2. The van der Waals surface area contributed by atoms with E-state index in [9.17, 15) is 43.8 Å². The van der Waals surface area contributed by atoms with Gasteiger partial charge in [-0.2, -0.15) is 0 Å². The molecule has 0 radical (unpaired) electrons. The van der Waals surface area contributed by atoms with Gasteiger partial charge in [-0.3, -0.25) is 24.1 Å². The molecular formula is C54H62N6O12. The van der Waals surface area contributed by atoms with Gasteiger partial charge in [0.05, 0.1) is 33.4 Å². The molecule has 72 heavy (non-hydrogen) atoms. The summed E-state index contributed by atoms with van der Waals surface area (Å²) in [6, 6.07) is 24.3. The number of nitrogens with zero attached hydrogens (tertiary/aromatic N) is 3. The number of ether oxygens (including phenoxy) is 3. The van der Waals surface area contributed by atoms with Gasteiger partial charge in [-0.05, 0) is 70.5 Å². The van der Waals surface area contributed by atoms with Crippen molar-refractivity contribution >= 4 is 53.2 Å². The molecule has 0 aromatic heterocycles. The first-order valence-corrected chi connectivity index (χ1v) is 24.7. The van der Waals surface area contributed by atoms with E-state index < -0.39 is 71.5 Å². The second-order valence-electron chi connectivity index (χ2n) is 18.9. The summed E-state index contributed by atoms with van der Waals surface area (Å²) < 4.78 is 16.9. The van der Waals surface area contributed by atoms with Crippen molar-refractivity contribution in [2.45, 2.75) is 114 Å². The van der Waals surface area contributed by atoms with E-state index in [4.69, 9.17) is 14.2 Å². The van der Waals surface area contributed by atoms with Crippen molar-refractivity contribution in [3.05, 3.63) is 119 Å². The molecule has 1 spiro atoms. The number of carbonyl (C=O) groups is 7. The number of likely N-dealkylation sites (tertiary alicyclic amines) is 2. The molecule has 4 aromatic carbocycles. The van der Waals surface area contributed by atoms with E-state index in [-0.39, 0.29) is 50.6 Å². The van der Waals surface area contributed by atoms with Gasteiger partial charge in [-0.15, -0.1) is 0 Å². The number of anilines is 2. The topological polar surface area (TPSA) is 233 Å². The smallest absolute Gasteiger partial charge is 0.413 e. The van der Waals surface area contributed by atoms with Gasteiger partial charge < -0.3 is 50.2 Å². The van der Waals surface area contributed by atoms with Gasteiger partial charge in [0.25, 0.3) is 11.8 Å². The Kier molecular flexibility index (Phi) is 15.6.